The molecule has 0 bridgehead atoms. The first kappa shape index (κ1) is 14.4. The van der Waals surface area contributed by atoms with Crippen LogP contribution in [-0.2, 0) is 13.6 Å². The topological polar surface area (TPSA) is 47.9 Å². The van der Waals surface area contributed by atoms with E-state index in [-0.39, 0.29) is 12.2 Å². The fourth-order valence-corrected chi connectivity index (χ4v) is 3.31. The summed E-state index contributed by atoms with van der Waals surface area (Å²) in [5.74, 6) is 0. The van der Waals surface area contributed by atoms with Crippen molar-refractivity contribution in [1.29, 1.82) is 0 Å². The molecule has 0 aromatic heterocycles. The summed E-state index contributed by atoms with van der Waals surface area (Å²) in [7, 11) is -3.29. The van der Waals surface area contributed by atoms with Crippen molar-refractivity contribution in [2.24, 2.45) is 4.99 Å². The number of aliphatic imine (C=N–C) groups is 1. The molecule has 0 unspecified atom stereocenters. The maximum atomic E-state index is 12.7. The minimum absolute atomic E-state index is 0.168. The Balaban J connectivity index is 2.96. The molecule has 5 heteroatoms. The van der Waals surface area contributed by atoms with Gasteiger partial charge in [0, 0.05) is 12.6 Å². The van der Waals surface area contributed by atoms with E-state index in [0.29, 0.717) is 11.9 Å². The van der Waals surface area contributed by atoms with Crippen LogP contribution in [0.15, 0.2) is 29.4 Å². The van der Waals surface area contributed by atoms with Gasteiger partial charge in [0.25, 0.3) is 0 Å². The minimum Gasteiger partial charge on any atom is -0.302 e. The number of rotatable bonds is 5. The minimum atomic E-state index is -3.29. The largest absolute Gasteiger partial charge is 0.376 e. The average Bonchev–Trinajstić information content (AvgIpc) is 2.42. The van der Waals surface area contributed by atoms with E-state index >= 15 is 0 Å². The van der Waals surface area contributed by atoms with Crippen LogP contribution >= 0.6 is 7.60 Å². The molecule has 96 valence electrons. The van der Waals surface area contributed by atoms with Gasteiger partial charge in [-0.15, -0.1) is 0 Å². The van der Waals surface area contributed by atoms with Crippen LogP contribution in [0.1, 0.15) is 34.1 Å². The molecule has 0 fully saturated rings. The maximum absolute atomic E-state index is 12.7. The lowest BCUT2D eigenvalue weighted by atomic mass is 10.4. The Labute approximate surface area is 103 Å². The smallest absolute Gasteiger partial charge is 0.302 e. The molecule has 1 aliphatic heterocycles. The summed E-state index contributed by atoms with van der Waals surface area (Å²) in [4.78, 5) is 4.16. The van der Waals surface area contributed by atoms with E-state index in [0.717, 1.165) is 0 Å². The van der Waals surface area contributed by atoms with Crippen molar-refractivity contribution in [3.63, 3.8) is 0 Å². The predicted octanol–water partition coefficient (Wildman–Crippen LogP) is 3.90. The SMILES string of the molecule is CC(C)OP(=O)(OC(C)C)C1=NC=CC=CC1. The van der Waals surface area contributed by atoms with Gasteiger partial charge in [0.1, 0.15) is 5.45 Å². The normalized spacial score (nSPS) is 16.5. The molecule has 0 amide bonds. The molecular weight excluding hydrogens is 237 g/mol. The van der Waals surface area contributed by atoms with Crippen LogP contribution in [0, 0.1) is 0 Å². The first-order valence-corrected chi connectivity index (χ1v) is 7.34. The van der Waals surface area contributed by atoms with E-state index in [1.54, 1.807) is 12.3 Å². The van der Waals surface area contributed by atoms with E-state index in [1.807, 2.05) is 39.8 Å². The Morgan fingerprint density at radius 2 is 1.76 bits per heavy atom. The molecule has 0 radical (unpaired) electrons. The Hall–Kier alpha value is -0.700. The summed E-state index contributed by atoms with van der Waals surface area (Å²) in [5, 5.41) is 0. The highest BCUT2D eigenvalue weighted by Crippen LogP contribution is 2.53. The predicted molar refractivity (Wildman–Crippen MR) is 70.4 cm³/mol. The van der Waals surface area contributed by atoms with Crippen molar-refractivity contribution in [2.45, 2.75) is 46.3 Å². The lowest BCUT2D eigenvalue weighted by Crippen LogP contribution is -2.14. The van der Waals surface area contributed by atoms with Crippen LogP contribution in [0.3, 0.4) is 0 Å². The second-order valence-electron chi connectivity index (χ2n) is 4.32. The Morgan fingerprint density at radius 3 is 2.29 bits per heavy atom. The quantitative estimate of drug-likeness (QED) is 0.702. The van der Waals surface area contributed by atoms with Gasteiger partial charge in [0.2, 0.25) is 0 Å². The Bertz CT molecular complexity index is 369. The van der Waals surface area contributed by atoms with Gasteiger partial charge >= 0.3 is 7.60 Å². The van der Waals surface area contributed by atoms with Crippen LogP contribution in [0.2, 0.25) is 0 Å². The highest BCUT2D eigenvalue weighted by Gasteiger charge is 2.33. The number of allylic oxidation sites excluding steroid dienone is 3. The molecule has 0 aromatic rings. The molecule has 0 aliphatic carbocycles. The lowest BCUT2D eigenvalue weighted by molar-refractivity contribution is 0.152. The van der Waals surface area contributed by atoms with Crippen LogP contribution in [0.4, 0.5) is 0 Å². The van der Waals surface area contributed by atoms with Gasteiger partial charge in [-0.1, -0.05) is 12.2 Å². The highest BCUT2D eigenvalue weighted by molar-refractivity contribution is 7.72. The van der Waals surface area contributed by atoms with Gasteiger partial charge in [-0.2, -0.15) is 0 Å². The summed E-state index contributed by atoms with van der Waals surface area (Å²) in [6.07, 6.45) is 7.32. The monoisotopic (exact) mass is 257 g/mol. The maximum Gasteiger partial charge on any atom is 0.376 e. The molecule has 0 saturated heterocycles. The second kappa shape index (κ2) is 6.29. The third-order valence-electron chi connectivity index (χ3n) is 1.87. The average molecular weight is 257 g/mol. The fraction of sp³-hybridized carbons (Fsp3) is 0.583. The molecule has 17 heavy (non-hydrogen) atoms. The Kier molecular flexibility index (Phi) is 5.31. The summed E-state index contributed by atoms with van der Waals surface area (Å²) in [5.41, 5.74) is 0.463. The highest BCUT2D eigenvalue weighted by atomic mass is 31.2. The van der Waals surface area contributed by atoms with Gasteiger partial charge in [0.15, 0.2) is 0 Å². The van der Waals surface area contributed by atoms with Gasteiger partial charge in [-0.25, -0.2) is 0 Å². The zero-order chi connectivity index (χ0) is 12.9. The van der Waals surface area contributed by atoms with Crippen molar-refractivity contribution >= 4 is 13.0 Å². The molecule has 0 aromatic carbocycles. The molecular formula is C12H20NO3P. The van der Waals surface area contributed by atoms with Crippen LogP contribution in [0.5, 0.6) is 0 Å². The first-order chi connectivity index (χ1) is 7.94. The van der Waals surface area contributed by atoms with Crippen LogP contribution < -0.4 is 0 Å². The van der Waals surface area contributed by atoms with E-state index in [2.05, 4.69) is 4.99 Å². The molecule has 0 spiro atoms. The molecule has 1 aliphatic rings. The van der Waals surface area contributed by atoms with Crippen LogP contribution in [-0.4, -0.2) is 17.7 Å². The van der Waals surface area contributed by atoms with Gasteiger partial charge in [0.05, 0.1) is 12.2 Å². The van der Waals surface area contributed by atoms with Crippen molar-refractivity contribution in [3.8, 4) is 0 Å². The van der Waals surface area contributed by atoms with Gasteiger partial charge in [-0.3, -0.25) is 9.56 Å². The molecule has 0 N–H and O–H groups in total. The standard InChI is InChI=1S/C12H20NO3P/c1-10(2)15-17(14,16-11(3)4)12-8-6-5-7-9-13-12/h5-7,9-11H,8H2,1-4H3. The number of hydrogen-bond donors (Lipinski definition) is 0. The molecule has 0 atom stereocenters. The summed E-state index contributed by atoms with van der Waals surface area (Å²) >= 11 is 0. The van der Waals surface area contributed by atoms with Gasteiger partial charge < -0.3 is 9.05 Å². The van der Waals surface area contributed by atoms with Crippen molar-refractivity contribution in [2.75, 3.05) is 0 Å². The van der Waals surface area contributed by atoms with E-state index in [4.69, 9.17) is 9.05 Å². The first-order valence-electron chi connectivity index (χ1n) is 5.80. The van der Waals surface area contributed by atoms with Crippen molar-refractivity contribution in [1.82, 2.24) is 0 Å². The third kappa shape index (κ3) is 4.58. The molecule has 0 saturated carbocycles. The Morgan fingerprint density at radius 1 is 1.18 bits per heavy atom. The van der Waals surface area contributed by atoms with Crippen LogP contribution in [0.25, 0.3) is 0 Å². The summed E-state index contributed by atoms with van der Waals surface area (Å²) in [6, 6.07) is 0. The van der Waals surface area contributed by atoms with E-state index < -0.39 is 7.60 Å². The van der Waals surface area contributed by atoms with E-state index in [9.17, 15) is 4.57 Å². The summed E-state index contributed by atoms with van der Waals surface area (Å²) in [6.45, 7) is 7.33. The van der Waals surface area contributed by atoms with E-state index in [1.165, 1.54) is 0 Å². The molecule has 1 rings (SSSR count). The lowest BCUT2D eigenvalue weighted by Gasteiger charge is -2.23. The van der Waals surface area contributed by atoms with Crippen molar-refractivity contribution < 1.29 is 13.6 Å². The zero-order valence-corrected chi connectivity index (χ0v) is 11.7. The summed E-state index contributed by atoms with van der Waals surface area (Å²) < 4.78 is 23.7. The fourth-order valence-electron chi connectivity index (χ4n) is 1.37. The second-order valence-corrected chi connectivity index (χ2v) is 6.26. The number of hydrogen-bond acceptors (Lipinski definition) is 4. The molecule has 1 heterocycles. The number of nitrogens with zero attached hydrogens (tertiary/aromatic N) is 1. The van der Waals surface area contributed by atoms with Crippen molar-refractivity contribution in [3.05, 3.63) is 24.4 Å². The third-order valence-corrected chi connectivity index (χ3v) is 4.20. The molecule has 4 nitrogen and oxygen atoms in total. The van der Waals surface area contributed by atoms with Gasteiger partial charge in [-0.05, 0) is 33.8 Å². The zero-order valence-electron chi connectivity index (χ0n) is 10.8.